The lowest BCUT2D eigenvalue weighted by atomic mass is 10.2. The molecule has 0 amide bonds. The van der Waals surface area contributed by atoms with Crippen LogP contribution in [-0.4, -0.2) is 36.3 Å². The van der Waals surface area contributed by atoms with E-state index in [1.54, 1.807) is 0 Å². The minimum absolute atomic E-state index is 0.267. The average molecular weight is 263 g/mol. The number of nitrogens with one attached hydrogen (secondary N) is 1. The molecule has 0 radical (unpaired) electrons. The van der Waals surface area contributed by atoms with E-state index in [0.29, 0.717) is 6.04 Å². The van der Waals surface area contributed by atoms with Gasteiger partial charge in [0.2, 0.25) is 0 Å². The molecule has 1 N–H and O–H groups in total. The van der Waals surface area contributed by atoms with Crippen LogP contribution in [0.3, 0.4) is 0 Å². The number of morpholine rings is 1. The highest BCUT2D eigenvalue weighted by molar-refractivity contribution is 5.41. The van der Waals surface area contributed by atoms with Crippen LogP contribution in [0.4, 0.5) is 5.82 Å². The normalized spacial score (nSPS) is 23.9. The third kappa shape index (κ3) is 4.18. The molecule has 2 atom stereocenters. The number of anilines is 1. The predicted molar refractivity (Wildman–Crippen MR) is 78.4 cm³/mol. The van der Waals surface area contributed by atoms with Crippen LogP contribution in [0.15, 0.2) is 18.3 Å². The van der Waals surface area contributed by atoms with Gasteiger partial charge in [0.25, 0.3) is 0 Å². The van der Waals surface area contributed by atoms with Crippen LogP contribution >= 0.6 is 0 Å². The van der Waals surface area contributed by atoms with Crippen molar-refractivity contribution in [3.05, 3.63) is 23.9 Å². The van der Waals surface area contributed by atoms with Crippen LogP contribution < -0.4 is 10.2 Å². The van der Waals surface area contributed by atoms with E-state index in [1.165, 1.54) is 5.56 Å². The van der Waals surface area contributed by atoms with E-state index in [0.717, 1.165) is 25.5 Å². The molecular weight excluding hydrogens is 238 g/mol. The maximum Gasteiger partial charge on any atom is 0.128 e. The van der Waals surface area contributed by atoms with Gasteiger partial charge in [-0.3, -0.25) is 0 Å². The molecule has 0 bridgehead atoms. The molecular formula is C15H25N3O. The van der Waals surface area contributed by atoms with Crippen LogP contribution in [0.25, 0.3) is 0 Å². The van der Waals surface area contributed by atoms with Crippen LogP contribution in [0.1, 0.15) is 33.3 Å². The second-order valence-electron chi connectivity index (χ2n) is 5.72. The number of hydrogen-bond acceptors (Lipinski definition) is 4. The summed E-state index contributed by atoms with van der Waals surface area (Å²) in [5, 5.41) is 3.44. The van der Waals surface area contributed by atoms with Gasteiger partial charge in [0.1, 0.15) is 5.82 Å². The molecule has 2 rings (SSSR count). The van der Waals surface area contributed by atoms with Gasteiger partial charge in [-0.25, -0.2) is 4.98 Å². The van der Waals surface area contributed by atoms with Gasteiger partial charge in [-0.15, -0.1) is 0 Å². The van der Waals surface area contributed by atoms with Crippen molar-refractivity contribution in [2.24, 2.45) is 0 Å². The van der Waals surface area contributed by atoms with Crippen molar-refractivity contribution in [2.75, 3.05) is 18.0 Å². The summed E-state index contributed by atoms with van der Waals surface area (Å²) in [6.07, 6.45) is 2.43. The van der Waals surface area contributed by atoms with Crippen molar-refractivity contribution < 1.29 is 4.74 Å². The second kappa shape index (κ2) is 6.35. The van der Waals surface area contributed by atoms with Gasteiger partial charge in [0.05, 0.1) is 12.2 Å². The maximum atomic E-state index is 5.77. The monoisotopic (exact) mass is 263 g/mol. The fourth-order valence-electron chi connectivity index (χ4n) is 2.43. The molecule has 1 saturated heterocycles. The molecule has 4 nitrogen and oxygen atoms in total. The molecule has 19 heavy (non-hydrogen) atoms. The van der Waals surface area contributed by atoms with Crippen molar-refractivity contribution in [1.29, 1.82) is 0 Å². The van der Waals surface area contributed by atoms with Crippen molar-refractivity contribution in [3.8, 4) is 0 Å². The quantitative estimate of drug-likeness (QED) is 0.903. The molecule has 4 heteroatoms. The van der Waals surface area contributed by atoms with Crippen molar-refractivity contribution in [3.63, 3.8) is 0 Å². The van der Waals surface area contributed by atoms with E-state index in [1.807, 2.05) is 6.20 Å². The fraction of sp³-hybridized carbons (Fsp3) is 0.667. The molecule has 1 aromatic heterocycles. The SMILES string of the molecule is CC(C)NCc1ccnc(N2C[C@@H](C)O[C@@H](C)C2)c1. The molecule has 0 aromatic carbocycles. The third-order valence-corrected chi connectivity index (χ3v) is 3.27. The Kier molecular flexibility index (Phi) is 4.77. The summed E-state index contributed by atoms with van der Waals surface area (Å²) in [5.41, 5.74) is 1.28. The molecule has 1 aliphatic rings. The van der Waals surface area contributed by atoms with E-state index >= 15 is 0 Å². The standard InChI is InChI=1S/C15H25N3O/c1-11(2)17-8-14-5-6-16-15(7-14)18-9-12(3)19-13(4)10-18/h5-7,11-13,17H,8-10H2,1-4H3/t12-,13+. The first-order valence-electron chi connectivity index (χ1n) is 7.13. The van der Waals surface area contributed by atoms with Crippen LogP contribution in [0.2, 0.25) is 0 Å². The van der Waals surface area contributed by atoms with Gasteiger partial charge in [0, 0.05) is 31.9 Å². The summed E-state index contributed by atoms with van der Waals surface area (Å²) < 4.78 is 5.77. The summed E-state index contributed by atoms with van der Waals surface area (Å²) >= 11 is 0. The molecule has 0 aliphatic carbocycles. The smallest absolute Gasteiger partial charge is 0.128 e. The lowest BCUT2D eigenvalue weighted by Crippen LogP contribution is -2.45. The van der Waals surface area contributed by atoms with Crippen LogP contribution in [-0.2, 0) is 11.3 Å². The number of pyridine rings is 1. The first-order valence-corrected chi connectivity index (χ1v) is 7.13. The lowest BCUT2D eigenvalue weighted by molar-refractivity contribution is -0.00546. The Morgan fingerprint density at radius 2 is 2.05 bits per heavy atom. The zero-order valence-electron chi connectivity index (χ0n) is 12.4. The van der Waals surface area contributed by atoms with E-state index in [9.17, 15) is 0 Å². The van der Waals surface area contributed by atoms with Crippen molar-refractivity contribution >= 4 is 5.82 Å². The van der Waals surface area contributed by atoms with Crippen LogP contribution in [0.5, 0.6) is 0 Å². The Morgan fingerprint density at radius 1 is 1.37 bits per heavy atom. The second-order valence-corrected chi connectivity index (χ2v) is 5.72. The van der Waals surface area contributed by atoms with Gasteiger partial charge in [-0.1, -0.05) is 13.8 Å². The predicted octanol–water partition coefficient (Wildman–Crippen LogP) is 2.19. The maximum absolute atomic E-state index is 5.77. The Balaban J connectivity index is 2.05. The molecule has 2 heterocycles. The first-order chi connectivity index (χ1) is 9.04. The van der Waals surface area contributed by atoms with E-state index in [4.69, 9.17) is 4.74 Å². The highest BCUT2D eigenvalue weighted by Gasteiger charge is 2.23. The number of nitrogens with zero attached hydrogens (tertiary/aromatic N) is 2. The lowest BCUT2D eigenvalue weighted by Gasteiger charge is -2.36. The van der Waals surface area contributed by atoms with Crippen LogP contribution in [0, 0.1) is 0 Å². The Bertz CT molecular complexity index is 398. The van der Waals surface area contributed by atoms with Gasteiger partial charge in [-0.2, -0.15) is 0 Å². The van der Waals surface area contributed by atoms with Gasteiger partial charge in [0.15, 0.2) is 0 Å². The molecule has 0 saturated carbocycles. The molecule has 1 fully saturated rings. The number of ether oxygens (including phenoxy) is 1. The highest BCUT2D eigenvalue weighted by atomic mass is 16.5. The summed E-state index contributed by atoms with van der Waals surface area (Å²) in [4.78, 5) is 6.82. The topological polar surface area (TPSA) is 37.4 Å². The molecule has 1 aromatic rings. The molecule has 1 aliphatic heterocycles. The summed E-state index contributed by atoms with van der Waals surface area (Å²) in [6.45, 7) is 11.3. The van der Waals surface area contributed by atoms with E-state index in [2.05, 4.69) is 55.0 Å². The zero-order valence-corrected chi connectivity index (χ0v) is 12.4. The Hall–Kier alpha value is -1.13. The summed E-state index contributed by atoms with van der Waals surface area (Å²) in [6, 6.07) is 4.76. The molecule has 106 valence electrons. The minimum atomic E-state index is 0.267. The van der Waals surface area contributed by atoms with E-state index < -0.39 is 0 Å². The Labute approximate surface area is 116 Å². The number of hydrogen-bond donors (Lipinski definition) is 1. The van der Waals surface area contributed by atoms with Crippen molar-refractivity contribution in [1.82, 2.24) is 10.3 Å². The Morgan fingerprint density at radius 3 is 2.68 bits per heavy atom. The fourth-order valence-corrected chi connectivity index (χ4v) is 2.43. The number of aromatic nitrogens is 1. The highest BCUT2D eigenvalue weighted by Crippen LogP contribution is 2.19. The zero-order chi connectivity index (χ0) is 13.8. The first kappa shape index (κ1) is 14.3. The van der Waals surface area contributed by atoms with E-state index in [-0.39, 0.29) is 12.2 Å². The van der Waals surface area contributed by atoms with Crippen molar-refractivity contribution in [2.45, 2.75) is 52.5 Å². The van der Waals surface area contributed by atoms with Gasteiger partial charge >= 0.3 is 0 Å². The minimum Gasteiger partial charge on any atom is -0.372 e. The summed E-state index contributed by atoms with van der Waals surface area (Å²) in [7, 11) is 0. The van der Waals surface area contributed by atoms with Gasteiger partial charge < -0.3 is 15.0 Å². The number of rotatable bonds is 4. The summed E-state index contributed by atoms with van der Waals surface area (Å²) in [5.74, 6) is 1.06. The van der Waals surface area contributed by atoms with Gasteiger partial charge in [-0.05, 0) is 31.5 Å². The average Bonchev–Trinajstić information content (AvgIpc) is 2.35. The third-order valence-electron chi connectivity index (χ3n) is 3.27. The largest absolute Gasteiger partial charge is 0.372 e. The molecule has 0 spiro atoms. The molecule has 0 unspecified atom stereocenters.